The average molecular weight is 328 g/mol. The molecule has 1 aromatic carbocycles. The van der Waals surface area contributed by atoms with Crippen molar-refractivity contribution in [2.75, 3.05) is 5.32 Å². The van der Waals surface area contributed by atoms with Crippen molar-refractivity contribution in [2.45, 2.75) is 44.6 Å². The van der Waals surface area contributed by atoms with Gasteiger partial charge < -0.3 is 11.1 Å². The highest BCUT2D eigenvalue weighted by molar-refractivity contribution is 5.98. The summed E-state index contributed by atoms with van der Waals surface area (Å²) in [5.41, 5.74) is 6.94. The maximum atomic E-state index is 12.8. The number of nitrogens with zero attached hydrogens (tertiary/aromatic N) is 2. The Labute approximate surface area is 141 Å². The summed E-state index contributed by atoms with van der Waals surface area (Å²) in [5.74, 6) is -0.256. The van der Waals surface area contributed by atoms with Gasteiger partial charge in [0.1, 0.15) is 5.69 Å². The number of hydrogen-bond donors (Lipinski definition) is 2. The molecule has 1 amide bonds. The number of nitrogens with two attached hydrogens (primary N) is 1. The van der Waals surface area contributed by atoms with E-state index in [-0.39, 0.29) is 11.5 Å². The first-order chi connectivity index (χ1) is 11.4. The van der Waals surface area contributed by atoms with Crippen LogP contribution in [0.1, 0.15) is 37.8 Å². The Kier molecular flexibility index (Phi) is 4.32. The van der Waals surface area contributed by atoms with Crippen molar-refractivity contribution < 1.29 is 4.79 Å². The number of anilines is 1. The number of benzene rings is 1. The fourth-order valence-electron chi connectivity index (χ4n) is 3.36. The van der Waals surface area contributed by atoms with E-state index in [0.29, 0.717) is 24.2 Å². The van der Waals surface area contributed by atoms with Crippen LogP contribution in [0.15, 0.2) is 35.1 Å². The van der Waals surface area contributed by atoms with Gasteiger partial charge in [0.2, 0.25) is 5.91 Å². The number of rotatable bonds is 3. The molecular weight excluding hydrogens is 304 g/mol. The monoisotopic (exact) mass is 328 g/mol. The number of para-hydroxylation sites is 1. The minimum absolute atomic E-state index is 0.242. The SMILES string of the molecule is Cc1c(NC(=O)C2(N)CCCCC2)c(=O)n(-c2ccccc2)n1C. The van der Waals surface area contributed by atoms with Gasteiger partial charge in [-0.25, -0.2) is 4.68 Å². The van der Waals surface area contributed by atoms with E-state index in [2.05, 4.69) is 5.32 Å². The van der Waals surface area contributed by atoms with Crippen LogP contribution in [0.4, 0.5) is 5.69 Å². The van der Waals surface area contributed by atoms with Crippen molar-refractivity contribution in [1.29, 1.82) is 0 Å². The summed E-state index contributed by atoms with van der Waals surface area (Å²) in [4.78, 5) is 25.5. The molecule has 128 valence electrons. The smallest absolute Gasteiger partial charge is 0.295 e. The van der Waals surface area contributed by atoms with Gasteiger partial charge in [-0.2, -0.15) is 0 Å². The number of amides is 1. The second kappa shape index (κ2) is 6.28. The van der Waals surface area contributed by atoms with Crippen LogP contribution < -0.4 is 16.6 Å². The third-order valence-corrected chi connectivity index (χ3v) is 4.99. The van der Waals surface area contributed by atoms with Crippen LogP contribution >= 0.6 is 0 Å². The molecule has 3 N–H and O–H groups in total. The second-order valence-corrected chi connectivity index (χ2v) is 6.61. The lowest BCUT2D eigenvalue weighted by Gasteiger charge is -2.31. The summed E-state index contributed by atoms with van der Waals surface area (Å²) < 4.78 is 3.30. The van der Waals surface area contributed by atoms with Crippen LogP contribution in [0, 0.1) is 6.92 Å². The first-order valence-electron chi connectivity index (χ1n) is 8.38. The first-order valence-corrected chi connectivity index (χ1v) is 8.38. The van der Waals surface area contributed by atoms with Crippen LogP contribution in [0.5, 0.6) is 0 Å². The number of carbonyl (C=O) groups excluding carboxylic acids is 1. The van der Waals surface area contributed by atoms with E-state index in [1.807, 2.05) is 37.3 Å². The van der Waals surface area contributed by atoms with E-state index in [4.69, 9.17) is 5.73 Å². The number of aromatic nitrogens is 2. The molecule has 0 radical (unpaired) electrons. The molecule has 1 aliphatic carbocycles. The molecule has 1 aromatic heterocycles. The standard InChI is InChI=1S/C18H24N4O2/c1-13-15(20-17(24)18(19)11-7-4-8-12-18)16(23)22(21(13)2)14-9-5-3-6-10-14/h3,5-6,9-10H,4,7-8,11-12,19H2,1-2H3,(H,20,24). The summed E-state index contributed by atoms with van der Waals surface area (Å²) in [6, 6.07) is 9.36. The van der Waals surface area contributed by atoms with Gasteiger partial charge in [-0.1, -0.05) is 37.5 Å². The first kappa shape index (κ1) is 16.5. The largest absolute Gasteiger partial charge is 0.318 e. The number of carbonyl (C=O) groups is 1. The molecule has 0 aliphatic heterocycles. The molecule has 0 atom stereocenters. The van der Waals surface area contributed by atoms with Gasteiger partial charge in [0.25, 0.3) is 5.56 Å². The quantitative estimate of drug-likeness (QED) is 0.905. The molecule has 24 heavy (non-hydrogen) atoms. The lowest BCUT2D eigenvalue weighted by Crippen LogP contribution is -2.52. The molecule has 0 unspecified atom stereocenters. The van der Waals surface area contributed by atoms with Crippen LogP contribution in [0.2, 0.25) is 0 Å². The van der Waals surface area contributed by atoms with Crippen molar-refractivity contribution >= 4 is 11.6 Å². The van der Waals surface area contributed by atoms with Crippen LogP contribution in [0.3, 0.4) is 0 Å². The lowest BCUT2D eigenvalue weighted by molar-refractivity contribution is -0.122. The van der Waals surface area contributed by atoms with Gasteiger partial charge in [-0.3, -0.25) is 14.3 Å². The Balaban J connectivity index is 1.95. The van der Waals surface area contributed by atoms with Crippen molar-refractivity contribution in [3.05, 3.63) is 46.4 Å². The summed E-state index contributed by atoms with van der Waals surface area (Å²) in [7, 11) is 1.80. The molecular formula is C18H24N4O2. The van der Waals surface area contributed by atoms with E-state index in [9.17, 15) is 9.59 Å². The van der Waals surface area contributed by atoms with Crippen molar-refractivity contribution in [3.63, 3.8) is 0 Å². The fourth-order valence-corrected chi connectivity index (χ4v) is 3.36. The molecule has 1 heterocycles. The molecule has 0 spiro atoms. The number of hydrogen-bond acceptors (Lipinski definition) is 3. The predicted molar refractivity (Wildman–Crippen MR) is 94.4 cm³/mol. The Morgan fingerprint density at radius 3 is 2.42 bits per heavy atom. The van der Waals surface area contributed by atoms with Crippen LogP contribution in [-0.4, -0.2) is 20.8 Å². The molecule has 2 aromatic rings. The van der Waals surface area contributed by atoms with Gasteiger partial charge in [0.05, 0.1) is 16.9 Å². The van der Waals surface area contributed by atoms with Crippen molar-refractivity contribution in [3.8, 4) is 5.69 Å². The van der Waals surface area contributed by atoms with E-state index in [1.54, 1.807) is 16.4 Å². The minimum Gasteiger partial charge on any atom is -0.318 e. The zero-order chi connectivity index (χ0) is 17.3. The van der Waals surface area contributed by atoms with Crippen LogP contribution in [0.25, 0.3) is 5.69 Å². The molecule has 0 bridgehead atoms. The minimum atomic E-state index is -0.870. The molecule has 3 rings (SSSR count). The molecule has 6 heteroatoms. The lowest BCUT2D eigenvalue weighted by atomic mass is 9.82. The highest BCUT2D eigenvalue weighted by atomic mass is 16.2. The van der Waals surface area contributed by atoms with E-state index in [1.165, 1.54) is 0 Å². The molecule has 1 aliphatic rings. The Bertz CT molecular complexity index is 798. The van der Waals surface area contributed by atoms with Crippen molar-refractivity contribution in [2.24, 2.45) is 12.8 Å². The van der Waals surface area contributed by atoms with E-state index in [0.717, 1.165) is 24.9 Å². The predicted octanol–water partition coefficient (Wildman–Crippen LogP) is 2.08. The third-order valence-electron chi connectivity index (χ3n) is 4.99. The maximum Gasteiger partial charge on any atom is 0.295 e. The second-order valence-electron chi connectivity index (χ2n) is 6.61. The average Bonchev–Trinajstić information content (AvgIpc) is 2.80. The molecule has 0 saturated heterocycles. The molecule has 1 saturated carbocycles. The third kappa shape index (κ3) is 2.78. The Hall–Kier alpha value is -2.34. The fraction of sp³-hybridized carbons (Fsp3) is 0.444. The van der Waals surface area contributed by atoms with E-state index < -0.39 is 5.54 Å². The Morgan fingerprint density at radius 2 is 1.79 bits per heavy atom. The van der Waals surface area contributed by atoms with Gasteiger partial charge in [-0.05, 0) is 31.9 Å². The summed E-state index contributed by atoms with van der Waals surface area (Å²) in [6.07, 6.45) is 4.34. The van der Waals surface area contributed by atoms with Gasteiger partial charge in [-0.15, -0.1) is 0 Å². The normalized spacial score (nSPS) is 16.8. The van der Waals surface area contributed by atoms with E-state index >= 15 is 0 Å². The van der Waals surface area contributed by atoms with Crippen LogP contribution in [-0.2, 0) is 11.8 Å². The molecule has 6 nitrogen and oxygen atoms in total. The highest BCUT2D eigenvalue weighted by Crippen LogP contribution is 2.27. The maximum absolute atomic E-state index is 12.8. The zero-order valence-electron chi connectivity index (χ0n) is 14.2. The summed E-state index contributed by atoms with van der Waals surface area (Å²) in [6.45, 7) is 1.82. The number of nitrogens with one attached hydrogen (secondary N) is 1. The van der Waals surface area contributed by atoms with Gasteiger partial charge in [0, 0.05) is 7.05 Å². The molecule has 1 fully saturated rings. The highest BCUT2D eigenvalue weighted by Gasteiger charge is 2.36. The van der Waals surface area contributed by atoms with Gasteiger partial charge in [0.15, 0.2) is 0 Å². The topological polar surface area (TPSA) is 82.1 Å². The van der Waals surface area contributed by atoms with Crippen molar-refractivity contribution in [1.82, 2.24) is 9.36 Å². The van der Waals surface area contributed by atoms with Gasteiger partial charge >= 0.3 is 0 Å². The summed E-state index contributed by atoms with van der Waals surface area (Å²) in [5, 5.41) is 2.80. The Morgan fingerprint density at radius 1 is 1.17 bits per heavy atom. The summed E-state index contributed by atoms with van der Waals surface area (Å²) >= 11 is 0. The zero-order valence-corrected chi connectivity index (χ0v) is 14.2.